The third-order valence-corrected chi connectivity index (χ3v) is 5.34. The Morgan fingerprint density at radius 3 is 2.60 bits per heavy atom. The summed E-state index contributed by atoms with van der Waals surface area (Å²) in [5.74, 6) is -0.120. The Kier molecular flexibility index (Phi) is 9.19. The highest BCUT2D eigenvalue weighted by Gasteiger charge is 2.11. The molecular weight excluding hydrogens is 438 g/mol. The Labute approximate surface area is 206 Å². The van der Waals surface area contributed by atoms with Gasteiger partial charge in [-0.15, -0.1) is 0 Å². The lowest BCUT2D eigenvalue weighted by molar-refractivity contribution is -0.104. The summed E-state index contributed by atoms with van der Waals surface area (Å²) >= 11 is 0. The van der Waals surface area contributed by atoms with Crippen LogP contribution in [-0.4, -0.2) is 35.2 Å². The Morgan fingerprint density at radius 2 is 1.91 bits per heavy atom. The highest BCUT2D eigenvalue weighted by molar-refractivity contribution is 5.95. The molecule has 35 heavy (non-hydrogen) atoms. The highest BCUT2D eigenvalue weighted by atomic mass is 16.1. The van der Waals surface area contributed by atoms with Crippen LogP contribution in [0.1, 0.15) is 36.3 Å². The van der Waals surface area contributed by atoms with Gasteiger partial charge < -0.3 is 16.0 Å². The second kappa shape index (κ2) is 12.7. The maximum Gasteiger partial charge on any atom is 0.251 e. The van der Waals surface area contributed by atoms with Crippen LogP contribution in [0.2, 0.25) is 0 Å². The Bertz CT molecular complexity index is 1280. The Morgan fingerprint density at radius 1 is 1.11 bits per heavy atom. The molecule has 0 fully saturated rings. The van der Waals surface area contributed by atoms with Crippen LogP contribution in [0.25, 0.3) is 11.2 Å². The van der Waals surface area contributed by atoms with Gasteiger partial charge in [0.25, 0.3) is 5.91 Å². The molecule has 0 radical (unpaired) electrons. The molecule has 3 rings (SSSR count). The molecule has 0 aliphatic rings. The van der Waals surface area contributed by atoms with E-state index in [9.17, 15) is 9.59 Å². The van der Waals surface area contributed by atoms with Gasteiger partial charge in [-0.2, -0.15) is 0 Å². The van der Waals surface area contributed by atoms with Gasteiger partial charge in [0.1, 0.15) is 6.29 Å². The van der Waals surface area contributed by atoms with Gasteiger partial charge in [-0.3, -0.25) is 14.0 Å². The standard InChI is InChI=1S/C28H31N5O2/c1-4-6-7-21(5-2)20-31-28(35)23-8-10-24(11-9-23)32-25-12-13-26(33-18-17-30-27(25)33)22(15-19-34)14-16-29-3/h5-19,29,32H,4,20H2,1-3H3,(H,31,35)/b7-6-,16-14-,21-5+,22-15+. The minimum Gasteiger partial charge on any atom is -0.394 e. The third kappa shape index (κ3) is 6.57. The monoisotopic (exact) mass is 469 g/mol. The van der Waals surface area contributed by atoms with Gasteiger partial charge in [-0.05, 0) is 73.7 Å². The average molecular weight is 470 g/mol. The second-order valence-electron chi connectivity index (χ2n) is 7.69. The fourth-order valence-corrected chi connectivity index (χ4v) is 3.49. The van der Waals surface area contributed by atoms with Crippen LogP contribution in [0.5, 0.6) is 0 Å². The second-order valence-corrected chi connectivity index (χ2v) is 7.69. The van der Waals surface area contributed by atoms with Gasteiger partial charge in [0.05, 0.1) is 11.4 Å². The van der Waals surface area contributed by atoms with Crippen LogP contribution in [0.3, 0.4) is 0 Å². The Hall–Kier alpha value is -4.39. The summed E-state index contributed by atoms with van der Waals surface area (Å²) in [7, 11) is 1.80. The van der Waals surface area contributed by atoms with Gasteiger partial charge in [-0.25, -0.2) is 4.98 Å². The molecule has 0 atom stereocenters. The zero-order valence-corrected chi connectivity index (χ0v) is 20.3. The van der Waals surface area contributed by atoms with Crippen LogP contribution in [-0.2, 0) is 4.79 Å². The van der Waals surface area contributed by atoms with Crippen molar-refractivity contribution in [1.82, 2.24) is 20.0 Å². The van der Waals surface area contributed by atoms with Gasteiger partial charge in [0.15, 0.2) is 5.65 Å². The van der Waals surface area contributed by atoms with Crippen molar-refractivity contribution < 1.29 is 9.59 Å². The number of nitrogens with one attached hydrogen (secondary N) is 3. The molecule has 0 bridgehead atoms. The number of nitrogens with zero attached hydrogens (tertiary/aromatic N) is 2. The average Bonchev–Trinajstić information content (AvgIpc) is 3.38. The first-order valence-corrected chi connectivity index (χ1v) is 11.5. The number of fused-ring (bicyclic) bond motifs is 1. The number of pyridine rings is 1. The molecule has 3 aromatic rings. The predicted octanol–water partition coefficient (Wildman–Crippen LogP) is 5.04. The minimum absolute atomic E-state index is 0.120. The number of hydrogen-bond acceptors (Lipinski definition) is 5. The normalized spacial score (nSPS) is 12.4. The molecule has 7 heteroatoms. The van der Waals surface area contributed by atoms with E-state index < -0.39 is 0 Å². The van der Waals surface area contributed by atoms with E-state index in [0.717, 1.165) is 46.6 Å². The quantitative estimate of drug-likeness (QED) is 0.208. The fraction of sp³-hybridized carbons (Fsp3) is 0.179. The number of anilines is 2. The first-order chi connectivity index (χ1) is 17.1. The molecule has 0 unspecified atom stereocenters. The summed E-state index contributed by atoms with van der Waals surface area (Å²) < 4.78 is 1.92. The van der Waals surface area contributed by atoms with Crippen LogP contribution in [0.4, 0.5) is 11.4 Å². The zero-order valence-electron chi connectivity index (χ0n) is 20.3. The van der Waals surface area contributed by atoms with Crippen LogP contribution in [0, 0.1) is 0 Å². The van der Waals surface area contributed by atoms with E-state index >= 15 is 0 Å². The van der Waals surface area contributed by atoms with Crippen molar-refractivity contribution in [3.8, 4) is 0 Å². The number of aldehydes is 1. The molecule has 2 heterocycles. The molecule has 180 valence electrons. The van der Waals surface area contributed by atoms with Crippen molar-refractivity contribution in [2.45, 2.75) is 20.3 Å². The van der Waals surface area contributed by atoms with E-state index in [1.54, 1.807) is 31.6 Å². The number of allylic oxidation sites excluding steroid dienone is 5. The molecule has 0 saturated heterocycles. The van der Waals surface area contributed by atoms with Gasteiger partial charge in [-0.1, -0.05) is 25.2 Å². The largest absolute Gasteiger partial charge is 0.394 e. The lowest BCUT2D eigenvalue weighted by atomic mass is 10.1. The van der Waals surface area contributed by atoms with E-state index in [2.05, 4.69) is 33.9 Å². The highest BCUT2D eigenvalue weighted by Crippen LogP contribution is 2.26. The number of imidazole rings is 1. The molecule has 1 aromatic carbocycles. The van der Waals surface area contributed by atoms with Crippen LogP contribution in [0.15, 0.2) is 90.9 Å². The summed E-state index contributed by atoms with van der Waals surface area (Å²) in [4.78, 5) is 28.2. The molecular formula is C28H31N5O2. The third-order valence-electron chi connectivity index (χ3n) is 5.34. The van der Waals surface area contributed by atoms with Crippen molar-refractivity contribution in [2.75, 3.05) is 18.9 Å². The van der Waals surface area contributed by atoms with Crippen molar-refractivity contribution in [3.05, 3.63) is 102 Å². The first kappa shape index (κ1) is 25.2. The van der Waals surface area contributed by atoms with Crippen LogP contribution < -0.4 is 16.0 Å². The van der Waals surface area contributed by atoms with E-state index in [1.807, 2.05) is 60.0 Å². The molecule has 0 spiro atoms. The maximum atomic E-state index is 12.5. The Balaban J connectivity index is 1.75. The number of aromatic nitrogens is 2. The summed E-state index contributed by atoms with van der Waals surface area (Å²) in [6.07, 6.45) is 16.5. The van der Waals surface area contributed by atoms with Gasteiger partial charge >= 0.3 is 0 Å². The van der Waals surface area contributed by atoms with Crippen molar-refractivity contribution in [3.63, 3.8) is 0 Å². The van der Waals surface area contributed by atoms with E-state index in [-0.39, 0.29) is 5.91 Å². The number of carbonyl (C=O) groups excluding carboxylic acids is 2. The molecule has 0 aliphatic heterocycles. The molecule has 3 N–H and O–H groups in total. The molecule has 2 aromatic heterocycles. The van der Waals surface area contributed by atoms with Crippen molar-refractivity contribution in [2.24, 2.45) is 0 Å². The zero-order chi connectivity index (χ0) is 25.0. The summed E-state index contributed by atoms with van der Waals surface area (Å²) in [6, 6.07) is 11.2. The molecule has 7 nitrogen and oxygen atoms in total. The van der Waals surface area contributed by atoms with E-state index in [1.165, 1.54) is 6.08 Å². The minimum atomic E-state index is -0.120. The number of hydrogen-bond donors (Lipinski definition) is 3. The lowest BCUT2D eigenvalue weighted by Gasteiger charge is -2.12. The molecule has 0 saturated carbocycles. The van der Waals surface area contributed by atoms with E-state index in [0.29, 0.717) is 12.1 Å². The van der Waals surface area contributed by atoms with Gasteiger partial charge in [0.2, 0.25) is 0 Å². The smallest absolute Gasteiger partial charge is 0.251 e. The van der Waals surface area contributed by atoms with Gasteiger partial charge in [0, 0.05) is 42.8 Å². The lowest BCUT2D eigenvalue weighted by Crippen LogP contribution is -2.25. The number of carbonyl (C=O) groups is 2. The maximum absolute atomic E-state index is 12.5. The SMILES string of the molecule is C/C=C(\C=C/CC)CNC(=O)c1ccc(Nc2ccc(C(/C=C\NC)=C/C=O)n3ccnc23)cc1. The van der Waals surface area contributed by atoms with Crippen LogP contribution >= 0.6 is 0 Å². The summed E-state index contributed by atoms with van der Waals surface area (Å²) in [5, 5.41) is 9.27. The first-order valence-electron chi connectivity index (χ1n) is 11.5. The number of amides is 1. The fourth-order valence-electron chi connectivity index (χ4n) is 3.49. The number of rotatable bonds is 11. The van der Waals surface area contributed by atoms with E-state index in [4.69, 9.17) is 0 Å². The molecule has 0 aliphatic carbocycles. The number of benzene rings is 1. The van der Waals surface area contributed by atoms with Crippen molar-refractivity contribution >= 4 is 34.8 Å². The van der Waals surface area contributed by atoms with Crippen molar-refractivity contribution in [1.29, 1.82) is 0 Å². The topological polar surface area (TPSA) is 87.5 Å². The summed E-state index contributed by atoms with van der Waals surface area (Å²) in [5.41, 5.74) is 5.61. The summed E-state index contributed by atoms with van der Waals surface area (Å²) in [6.45, 7) is 4.53. The molecule has 1 amide bonds. The predicted molar refractivity (Wildman–Crippen MR) is 143 cm³/mol.